The molecule has 1 aromatic heterocycles. The molecule has 2 aromatic carbocycles. The number of rotatable bonds is 3. The van der Waals surface area contributed by atoms with Crippen LogP contribution >= 0.6 is 11.6 Å². The minimum Gasteiger partial charge on any atom is -0.384 e. The zero-order chi connectivity index (χ0) is 19.0. The Bertz CT molecular complexity index is 1070. The Morgan fingerprint density at radius 1 is 1.33 bits per heavy atom. The maximum atomic E-state index is 12.7. The second-order valence-electron chi connectivity index (χ2n) is 7.02. The van der Waals surface area contributed by atoms with Crippen molar-refractivity contribution in [2.45, 2.75) is 30.9 Å². The summed E-state index contributed by atoms with van der Waals surface area (Å²) in [5.74, 6) is -0.244. The standard InChI is InChI=1S/C21H18ClN3O2/c22-15-5-6-18-14(9-15)11-19(25-18)20(26)24-16-10-13-3-1-2-4-17(13)21(27,12-16)7-8-23/h1-6,9,11,16,25,27H,7,10,12H2,(H,24,26)/t16-,21+/m0/s1. The fraction of sp³-hybridized carbons (Fsp3) is 0.238. The number of aromatic nitrogens is 1. The highest BCUT2D eigenvalue weighted by atomic mass is 35.5. The fourth-order valence-electron chi connectivity index (χ4n) is 3.90. The number of nitrogens with zero attached hydrogens (tertiary/aromatic N) is 1. The first kappa shape index (κ1) is 17.6. The van der Waals surface area contributed by atoms with Gasteiger partial charge >= 0.3 is 0 Å². The van der Waals surface area contributed by atoms with Gasteiger partial charge in [-0.05, 0) is 41.8 Å². The predicted octanol–water partition coefficient (Wildman–Crippen LogP) is 3.67. The van der Waals surface area contributed by atoms with Gasteiger partial charge in [0.05, 0.1) is 12.5 Å². The van der Waals surface area contributed by atoms with Gasteiger partial charge in [-0.2, -0.15) is 5.26 Å². The van der Waals surface area contributed by atoms with Crippen LogP contribution in [0.2, 0.25) is 5.02 Å². The van der Waals surface area contributed by atoms with E-state index in [-0.39, 0.29) is 18.4 Å². The number of aliphatic hydroxyl groups is 1. The maximum absolute atomic E-state index is 12.7. The molecular formula is C21H18ClN3O2. The van der Waals surface area contributed by atoms with Crippen LogP contribution in [0.25, 0.3) is 10.9 Å². The molecule has 0 saturated heterocycles. The van der Waals surface area contributed by atoms with Gasteiger partial charge < -0.3 is 15.4 Å². The number of hydrogen-bond acceptors (Lipinski definition) is 3. The minimum absolute atomic E-state index is 0.0126. The average Bonchev–Trinajstić information content (AvgIpc) is 3.05. The molecule has 6 heteroatoms. The van der Waals surface area contributed by atoms with E-state index in [0.717, 1.165) is 22.0 Å². The summed E-state index contributed by atoms with van der Waals surface area (Å²) in [5, 5.41) is 24.6. The van der Waals surface area contributed by atoms with Gasteiger partial charge in [0.2, 0.25) is 0 Å². The van der Waals surface area contributed by atoms with E-state index in [2.05, 4.69) is 16.4 Å². The van der Waals surface area contributed by atoms with Crippen molar-refractivity contribution in [2.75, 3.05) is 0 Å². The van der Waals surface area contributed by atoms with E-state index in [4.69, 9.17) is 16.9 Å². The molecule has 0 fully saturated rings. The molecular weight excluding hydrogens is 362 g/mol. The molecule has 27 heavy (non-hydrogen) atoms. The van der Waals surface area contributed by atoms with Gasteiger partial charge in [0.15, 0.2) is 0 Å². The third-order valence-electron chi connectivity index (χ3n) is 5.10. The molecule has 0 radical (unpaired) electrons. The highest BCUT2D eigenvalue weighted by molar-refractivity contribution is 6.31. The number of carbonyl (C=O) groups excluding carboxylic acids is 1. The SMILES string of the molecule is N#CC[C@@]1(O)C[C@@H](NC(=O)c2cc3cc(Cl)ccc3[nH]2)Cc2ccccc21. The molecule has 4 rings (SSSR count). The second-order valence-corrected chi connectivity index (χ2v) is 7.45. The molecule has 1 heterocycles. The fourth-order valence-corrected chi connectivity index (χ4v) is 4.08. The highest BCUT2D eigenvalue weighted by Gasteiger charge is 2.39. The number of fused-ring (bicyclic) bond motifs is 2. The molecule has 0 aliphatic heterocycles. The second kappa shape index (κ2) is 6.73. The first-order chi connectivity index (χ1) is 13.0. The smallest absolute Gasteiger partial charge is 0.267 e. The van der Waals surface area contributed by atoms with E-state index in [1.807, 2.05) is 30.3 Å². The Labute approximate surface area is 161 Å². The average molecular weight is 380 g/mol. The molecule has 0 unspecified atom stereocenters. The van der Waals surface area contributed by atoms with Crippen molar-refractivity contribution in [2.24, 2.45) is 0 Å². The lowest BCUT2D eigenvalue weighted by molar-refractivity contribution is 0.0137. The van der Waals surface area contributed by atoms with Crippen molar-refractivity contribution < 1.29 is 9.90 Å². The van der Waals surface area contributed by atoms with Crippen LogP contribution in [0.4, 0.5) is 0 Å². The third kappa shape index (κ3) is 3.30. The largest absolute Gasteiger partial charge is 0.384 e. The lowest BCUT2D eigenvalue weighted by atomic mass is 9.75. The first-order valence-corrected chi connectivity index (χ1v) is 9.13. The molecule has 3 aromatic rings. The number of carbonyl (C=O) groups is 1. The zero-order valence-electron chi connectivity index (χ0n) is 14.5. The number of nitrogens with one attached hydrogen (secondary N) is 2. The third-order valence-corrected chi connectivity index (χ3v) is 5.34. The van der Waals surface area contributed by atoms with Crippen LogP contribution in [0.15, 0.2) is 48.5 Å². The topological polar surface area (TPSA) is 88.9 Å². The molecule has 1 amide bonds. The molecule has 3 N–H and O–H groups in total. The van der Waals surface area contributed by atoms with Gasteiger partial charge in [-0.25, -0.2) is 0 Å². The number of aromatic amines is 1. The van der Waals surface area contributed by atoms with Crippen molar-refractivity contribution in [1.29, 1.82) is 5.26 Å². The Hall–Kier alpha value is -2.81. The summed E-state index contributed by atoms with van der Waals surface area (Å²) >= 11 is 6.00. The minimum atomic E-state index is -1.25. The van der Waals surface area contributed by atoms with Crippen molar-refractivity contribution in [3.8, 4) is 6.07 Å². The number of nitriles is 1. The van der Waals surface area contributed by atoms with Gasteiger partial charge in [-0.15, -0.1) is 0 Å². The number of hydrogen-bond donors (Lipinski definition) is 3. The van der Waals surface area contributed by atoms with Crippen LogP contribution in [0.5, 0.6) is 0 Å². The summed E-state index contributed by atoms with van der Waals surface area (Å²) in [4.78, 5) is 15.8. The highest BCUT2D eigenvalue weighted by Crippen LogP contribution is 2.37. The summed E-state index contributed by atoms with van der Waals surface area (Å²) in [6.07, 6.45) is 0.901. The summed E-state index contributed by atoms with van der Waals surface area (Å²) < 4.78 is 0. The van der Waals surface area contributed by atoms with E-state index in [1.165, 1.54) is 0 Å². The number of H-pyrrole nitrogens is 1. The number of benzene rings is 2. The molecule has 1 aliphatic rings. The van der Waals surface area contributed by atoms with Crippen molar-refractivity contribution >= 4 is 28.4 Å². The Morgan fingerprint density at radius 3 is 2.96 bits per heavy atom. The van der Waals surface area contributed by atoms with E-state index in [0.29, 0.717) is 23.6 Å². The van der Waals surface area contributed by atoms with E-state index >= 15 is 0 Å². The van der Waals surface area contributed by atoms with Crippen molar-refractivity contribution in [3.63, 3.8) is 0 Å². The van der Waals surface area contributed by atoms with Gasteiger partial charge in [0.25, 0.3) is 5.91 Å². The normalized spacial score (nSPS) is 21.4. The van der Waals surface area contributed by atoms with Gasteiger partial charge in [0.1, 0.15) is 11.3 Å². The van der Waals surface area contributed by atoms with Crippen molar-refractivity contribution in [3.05, 3.63) is 70.4 Å². The van der Waals surface area contributed by atoms with Crippen LogP contribution < -0.4 is 5.32 Å². The molecule has 0 bridgehead atoms. The molecule has 2 atom stereocenters. The molecule has 1 aliphatic carbocycles. The molecule has 0 spiro atoms. The van der Waals surface area contributed by atoms with E-state index in [1.54, 1.807) is 18.2 Å². The summed E-state index contributed by atoms with van der Waals surface area (Å²) in [5.41, 5.74) is 1.75. The Kier molecular flexibility index (Phi) is 4.39. The maximum Gasteiger partial charge on any atom is 0.267 e. The summed E-state index contributed by atoms with van der Waals surface area (Å²) in [6, 6.07) is 16.5. The lowest BCUT2D eigenvalue weighted by Crippen LogP contribution is -2.46. The molecule has 0 saturated carbocycles. The lowest BCUT2D eigenvalue weighted by Gasteiger charge is -2.37. The summed E-state index contributed by atoms with van der Waals surface area (Å²) in [7, 11) is 0. The van der Waals surface area contributed by atoms with Crippen molar-refractivity contribution in [1.82, 2.24) is 10.3 Å². The molecule has 5 nitrogen and oxygen atoms in total. The van der Waals surface area contributed by atoms with Crippen LogP contribution in [0.1, 0.15) is 34.5 Å². The van der Waals surface area contributed by atoms with E-state index < -0.39 is 5.60 Å². The number of halogens is 1. The van der Waals surface area contributed by atoms with Gasteiger partial charge in [-0.3, -0.25) is 4.79 Å². The van der Waals surface area contributed by atoms with Crippen LogP contribution in [0.3, 0.4) is 0 Å². The van der Waals surface area contributed by atoms with Gasteiger partial charge in [-0.1, -0.05) is 35.9 Å². The summed E-state index contributed by atoms with van der Waals surface area (Å²) in [6.45, 7) is 0. The van der Waals surface area contributed by atoms with Crippen LogP contribution in [-0.4, -0.2) is 22.0 Å². The zero-order valence-corrected chi connectivity index (χ0v) is 15.3. The number of amides is 1. The monoisotopic (exact) mass is 379 g/mol. The Morgan fingerprint density at radius 2 is 2.15 bits per heavy atom. The first-order valence-electron chi connectivity index (χ1n) is 8.75. The van der Waals surface area contributed by atoms with Crippen LogP contribution in [0, 0.1) is 11.3 Å². The van der Waals surface area contributed by atoms with E-state index in [9.17, 15) is 9.90 Å². The molecule has 136 valence electrons. The predicted molar refractivity (Wildman–Crippen MR) is 103 cm³/mol. The van der Waals surface area contributed by atoms with Gasteiger partial charge in [0, 0.05) is 28.4 Å². The quantitative estimate of drug-likeness (QED) is 0.648. The van der Waals surface area contributed by atoms with Crippen LogP contribution in [-0.2, 0) is 12.0 Å². The Balaban J connectivity index is 1.58.